The highest BCUT2D eigenvalue weighted by Gasteiger charge is 2.22. The normalized spacial score (nSPS) is 21.8. The molecule has 2 heteroatoms. The van der Waals surface area contributed by atoms with Crippen LogP contribution in [0.25, 0.3) is 0 Å². The van der Waals surface area contributed by atoms with Crippen LogP contribution >= 0.6 is 0 Å². The van der Waals surface area contributed by atoms with Gasteiger partial charge < -0.3 is 10.1 Å². The van der Waals surface area contributed by atoms with Crippen molar-refractivity contribution in [3.8, 4) is 0 Å². The van der Waals surface area contributed by atoms with Crippen LogP contribution in [0.5, 0.6) is 0 Å². The first-order valence-corrected chi connectivity index (χ1v) is 7.10. The predicted octanol–water partition coefficient (Wildman–Crippen LogP) is 2.94. The van der Waals surface area contributed by atoms with Crippen molar-refractivity contribution >= 4 is 0 Å². The van der Waals surface area contributed by atoms with E-state index in [1.807, 2.05) is 0 Å². The third-order valence-corrected chi connectivity index (χ3v) is 4.00. The Kier molecular flexibility index (Phi) is 5.21. The Morgan fingerprint density at radius 2 is 2.11 bits per heavy atom. The zero-order chi connectivity index (χ0) is 12.8. The van der Waals surface area contributed by atoms with Crippen LogP contribution in [0.1, 0.15) is 30.4 Å². The molecule has 1 aromatic carbocycles. The molecule has 1 heterocycles. The number of nitrogens with one attached hydrogen (secondary N) is 1. The molecule has 100 valence electrons. The molecule has 0 aliphatic carbocycles. The minimum Gasteiger partial charge on any atom is -0.381 e. The van der Waals surface area contributed by atoms with Gasteiger partial charge in [0.15, 0.2) is 0 Å². The highest BCUT2D eigenvalue weighted by atomic mass is 16.5. The van der Waals surface area contributed by atoms with Crippen LogP contribution in [0.3, 0.4) is 0 Å². The molecule has 0 aromatic heterocycles. The van der Waals surface area contributed by atoms with Crippen molar-refractivity contribution in [1.82, 2.24) is 5.32 Å². The fourth-order valence-electron chi connectivity index (χ4n) is 2.78. The second kappa shape index (κ2) is 6.91. The van der Waals surface area contributed by atoms with Gasteiger partial charge in [-0.25, -0.2) is 0 Å². The zero-order valence-corrected chi connectivity index (χ0v) is 11.6. The average molecular weight is 247 g/mol. The standard InChI is InChI=1S/C16H25NO/c1-13-5-7-14(8-6-13)9-10-16(17-2)15-4-3-11-18-12-15/h5-8,15-17H,3-4,9-12H2,1-2H3. The Hall–Kier alpha value is -0.860. The van der Waals surface area contributed by atoms with E-state index in [-0.39, 0.29) is 0 Å². The molecule has 1 fully saturated rings. The van der Waals surface area contributed by atoms with Crippen molar-refractivity contribution in [3.05, 3.63) is 35.4 Å². The number of hydrogen-bond acceptors (Lipinski definition) is 2. The molecule has 2 unspecified atom stereocenters. The third kappa shape index (κ3) is 3.82. The molecule has 0 amide bonds. The molecule has 1 saturated heterocycles. The number of hydrogen-bond donors (Lipinski definition) is 1. The van der Waals surface area contributed by atoms with E-state index < -0.39 is 0 Å². The molecule has 1 aliphatic rings. The lowest BCUT2D eigenvalue weighted by atomic mass is 9.89. The van der Waals surface area contributed by atoms with Crippen molar-refractivity contribution in [1.29, 1.82) is 0 Å². The fraction of sp³-hybridized carbons (Fsp3) is 0.625. The van der Waals surface area contributed by atoms with Crippen LogP contribution in [0, 0.1) is 12.8 Å². The van der Waals surface area contributed by atoms with Crippen LogP contribution in [0.2, 0.25) is 0 Å². The van der Waals surface area contributed by atoms with Gasteiger partial charge in [-0.15, -0.1) is 0 Å². The van der Waals surface area contributed by atoms with Crippen molar-refractivity contribution in [3.63, 3.8) is 0 Å². The van der Waals surface area contributed by atoms with Crippen LogP contribution in [0.4, 0.5) is 0 Å². The smallest absolute Gasteiger partial charge is 0.0509 e. The number of rotatable bonds is 5. The summed E-state index contributed by atoms with van der Waals surface area (Å²) >= 11 is 0. The van der Waals surface area contributed by atoms with Crippen LogP contribution in [-0.4, -0.2) is 26.3 Å². The van der Waals surface area contributed by atoms with Crippen LogP contribution in [0.15, 0.2) is 24.3 Å². The number of aryl methyl sites for hydroxylation is 2. The number of ether oxygens (including phenoxy) is 1. The Labute approximate surface area is 111 Å². The van der Waals surface area contributed by atoms with E-state index in [1.165, 1.54) is 30.4 Å². The molecule has 0 spiro atoms. The highest BCUT2D eigenvalue weighted by molar-refractivity contribution is 5.21. The summed E-state index contributed by atoms with van der Waals surface area (Å²) in [6.45, 7) is 4.02. The van der Waals surface area contributed by atoms with Crippen molar-refractivity contribution in [2.45, 2.75) is 38.6 Å². The van der Waals surface area contributed by atoms with Crippen molar-refractivity contribution < 1.29 is 4.74 Å². The van der Waals surface area contributed by atoms with Gasteiger partial charge in [0, 0.05) is 12.6 Å². The summed E-state index contributed by atoms with van der Waals surface area (Å²) < 4.78 is 5.59. The first kappa shape index (κ1) is 13.6. The van der Waals surface area contributed by atoms with E-state index in [2.05, 4.69) is 43.6 Å². The minimum atomic E-state index is 0.589. The molecular formula is C16H25NO. The Morgan fingerprint density at radius 1 is 1.33 bits per heavy atom. The Bertz CT molecular complexity index is 341. The van der Waals surface area contributed by atoms with E-state index in [1.54, 1.807) is 0 Å². The topological polar surface area (TPSA) is 21.3 Å². The van der Waals surface area contributed by atoms with Gasteiger partial charge in [-0.3, -0.25) is 0 Å². The van der Waals surface area contributed by atoms with Gasteiger partial charge in [0.25, 0.3) is 0 Å². The van der Waals surface area contributed by atoms with Crippen molar-refractivity contribution in [2.75, 3.05) is 20.3 Å². The lowest BCUT2D eigenvalue weighted by molar-refractivity contribution is 0.0392. The second-order valence-corrected chi connectivity index (χ2v) is 5.40. The summed E-state index contributed by atoms with van der Waals surface area (Å²) in [5.74, 6) is 0.689. The quantitative estimate of drug-likeness (QED) is 0.864. The summed E-state index contributed by atoms with van der Waals surface area (Å²) in [5.41, 5.74) is 2.78. The summed E-state index contributed by atoms with van der Waals surface area (Å²) in [4.78, 5) is 0. The fourth-order valence-corrected chi connectivity index (χ4v) is 2.78. The molecule has 1 N–H and O–H groups in total. The lowest BCUT2D eigenvalue weighted by Crippen LogP contribution is -2.38. The molecule has 0 bridgehead atoms. The molecule has 2 rings (SSSR count). The van der Waals surface area contributed by atoms with E-state index >= 15 is 0 Å². The van der Waals surface area contributed by atoms with Gasteiger partial charge in [-0.1, -0.05) is 29.8 Å². The van der Waals surface area contributed by atoms with Crippen LogP contribution < -0.4 is 5.32 Å². The maximum Gasteiger partial charge on any atom is 0.0509 e. The van der Waals surface area contributed by atoms with Crippen LogP contribution in [-0.2, 0) is 11.2 Å². The lowest BCUT2D eigenvalue weighted by Gasteiger charge is -2.30. The van der Waals surface area contributed by atoms with Gasteiger partial charge in [-0.05, 0) is 51.1 Å². The molecule has 2 nitrogen and oxygen atoms in total. The summed E-state index contributed by atoms with van der Waals surface area (Å²) in [5, 5.41) is 3.47. The first-order valence-electron chi connectivity index (χ1n) is 7.10. The number of benzene rings is 1. The minimum absolute atomic E-state index is 0.589. The average Bonchev–Trinajstić information content (AvgIpc) is 2.43. The first-order chi connectivity index (χ1) is 8.79. The van der Waals surface area contributed by atoms with Gasteiger partial charge in [0.1, 0.15) is 0 Å². The highest BCUT2D eigenvalue weighted by Crippen LogP contribution is 2.20. The molecule has 0 saturated carbocycles. The maximum absolute atomic E-state index is 5.59. The third-order valence-electron chi connectivity index (χ3n) is 4.00. The Balaban J connectivity index is 1.84. The monoisotopic (exact) mass is 247 g/mol. The van der Waals surface area contributed by atoms with Gasteiger partial charge in [0.05, 0.1) is 6.61 Å². The molecule has 1 aliphatic heterocycles. The second-order valence-electron chi connectivity index (χ2n) is 5.40. The van der Waals surface area contributed by atoms with Gasteiger partial charge >= 0.3 is 0 Å². The summed E-state index contributed by atoms with van der Waals surface area (Å²) in [7, 11) is 2.08. The summed E-state index contributed by atoms with van der Waals surface area (Å²) in [6, 6.07) is 9.49. The predicted molar refractivity (Wildman–Crippen MR) is 75.9 cm³/mol. The van der Waals surface area contributed by atoms with E-state index in [0.29, 0.717) is 12.0 Å². The van der Waals surface area contributed by atoms with E-state index in [0.717, 1.165) is 19.6 Å². The van der Waals surface area contributed by atoms with Gasteiger partial charge in [0.2, 0.25) is 0 Å². The maximum atomic E-state index is 5.59. The Morgan fingerprint density at radius 3 is 2.72 bits per heavy atom. The molecule has 2 atom stereocenters. The largest absolute Gasteiger partial charge is 0.381 e. The van der Waals surface area contributed by atoms with Gasteiger partial charge in [-0.2, -0.15) is 0 Å². The van der Waals surface area contributed by atoms with E-state index in [4.69, 9.17) is 4.74 Å². The molecular weight excluding hydrogens is 222 g/mol. The SMILES string of the molecule is CNC(CCc1ccc(C)cc1)C1CCCOC1. The zero-order valence-electron chi connectivity index (χ0n) is 11.6. The van der Waals surface area contributed by atoms with Crippen molar-refractivity contribution in [2.24, 2.45) is 5.92 Å². The summed E-state index contributed by atoms with van der Waals surface area (Å²) in [6.07, 6.45) is 4.88. The molecule has 0 radical (unpaired) electrons. The molecule has 18 heavy (non-hydrogen) atoms. The van der Waals surface area contributed by atoms with E-state index in [9.17, 15) is 0 Å². The molecule has 1 aromatic rings.